The maximum Gasteiger partial charge on any atom is 0.0667 e. The van der Waals surface area contributed by atoms with E-state index in [9.17, 15) is 0 Å². The van der Waals surface area contributed by atoms with Crippen molar-refractivity contribution >= 4 is 10.9 Å². The molecule has 0 aliphatic rings. The Hall–Kier alpha value is -1.32. The monoisotopic (exact) mass is 274 g/mol. The summed E-state index contributed by atoms with van der Waals surface area (Å²) in [6, 6.07) is 9.03. The number of nitrogens with one attached hydrogen (secondary N) is 1. The summed E-state index contributed by atoms with van der Waals surface area (Å²) in [6.45, 7) is 10.4. The third-order valence-electron chi connectivity index (χ3n) is 3.52. The third kappa shape index (κ3) is 3.41. The summed E-state index contributed by atoms with van der Waals surface area (Å²) in [5.41, 5.74) is 2.77. The van der Waals surface area contributed by atoms with Crippen molar-refractivity contribution in [1.29, 1.82) is 0 Å². The van der Waals surface area contributed by atoms with Crippen molar-refractivity contribution in [2.45, 2.75) is 45.8 Å². The number of aromatic nitrogens is 1. The van der Waals surface area contributed by atoms with Crippen LogP contribution in [0.25, 0.3) is 10.9 Å². The second-order valence-electron chi connectivity index (χ2n) is 6.49. The molecule has 0 saturated heterocycles. The number of para-hydroxylation sites is 1. The minimum Gasteiger partial charge on any atom is -0.383 e. The highest BCUT2D eigenvalue weighted by molar-refractivity contribution is 5.83. The van der Waals surface area contributed by atoms with Gasteiger partial charge in [-0.05, 0) is 44.7 Å². The highest BCUT2D eigenvalue weighted by atomic mass is 16.5. The number of rotatable bonds is 5. The Labute approximate surface area is 121 Å². The van der Waals surface area contributed by atoms with Gasteiger partial charge in [0.1, 0.15) is 0 Å². The molecule has 1 unspecified atom stereocenters. The maximum atomic E-state index is 5.29. The second kappa shape index (κ2) is 5.98. The molecule has 3 nitrogen and oxygen atoms in total. The largest absolute Gasteiger partial charge is 0.383 e. The van der Waals surface area contributed by atoms with E-state index in [1.54, 1.807) is 7.11 Å². The predicted octanol–water partition coefficient (Wildman–Crippen LogP) is 3.74. The zero-order valence-corrected chi connectivity index (χ0v) is 13.2. The van der Waals surface area contributed by atoms with Gasteiger partial charge < -0.3 is 14.6 Å². The molecule has 0 aliphatic carbocycles. The van der Waals surface area contributed by atoms with Crippen LogP contribution in [-0.2, 0) is 11.3 Å². The van der Waals surface area contributed by atoms with Crippen molar-refractivity contribution in [3.05, 3.63) is 36.0 Å². The van der Waals surface area contributed by atoms with E-state index in [4.69, 9.17) is 4.74 Å². The van der Waals surface area contributed by atoms with E-state index in [0.717, 1.165) is 13.2 Å². The van der Waals surface area contributed by atoms with Gasteiger partial charge in [-0.1, -0.05) is 18.2 Å². The minimum absolute atomic E-state index is 0.123. The van der Waals surface area contributed by atoms with Crippen molar-refractivity contribution in [3.63, 3.8) is 0 Å². The Balaban J connectivity index is 2.36. The van der Waals surface area contributed by atoms with Crippen molar-refractivity contribution in [3.8, 4) is 0 Å². The van der Waals surface area contributed by atoms with E-state index in [-0.39, 0.29) is 5.54 Å². The van der Waals surface area contributed by atoms with Crippen LogP contribution in [0.4, 0.5) is 0 Å². The molecule has 2 aromatic rings. The summed E-state index contributed by atoms with van der Waals surface area (Å²) in [5.74, 6) is 0. The lowest BCUT2D eigenvalue weighted by atomic mass is 10.1. The predicted molar refractivity (Wildman–Crippen MR) is 85.1 cm³/mol. The van der Waals surface area contributed by atoms with Gasteiger partial charge in [0.25, 0.3) is 0 Å². The van der Waals surface area contributed by atoms with Crippen LogP contribution in [0, 0.1) is 0 Å². The van der Waals surface area contributed by atoms with Gasteiger partial charge in [0.2, 0.25) is 0 Å². The number of hydrogen-bond donors (Lipinski definition) is 1. The van der Waals surface area contributed by atoms with Gasteiger partial charge in [0, 0.05) is 25.4 Å². The lowest BCUT2D eigenvalue weighted by Crippen LogP contribution is -2.35. The molecule has 1 aromatic heterocycles. The van der Waals surface area contributed by atoms with Gasteiger partial charge in [-0.25, -0.2) is 0 Å². The molecule has 3 heteroatoms. The van der Waals surface area contributed by atoms with Crippen molar-refractivity contribution < 1.29 is 4.74 Å². The number of nitrogens with zero attached hydrogens (tertiary/aromatic N) is 1. The SMILES string of the molecule is COCC(C)n1ccc2cccc(CNC(C)(C)C)c21. The van der Waals surface area contributed by atoms with Crippen LogP contribution in [0.2, 0.25) is 0 Å². The van der Waals surface area contributed by atoms with Crippen molar-refractivity contribution in [1.82, 2.24) is 9.88 Å². The summed E-state index contributed by atoms with van der Waals surface area (Å²) in [6.07, 6.45) is 2.16. The Morgan fingerprint density at radius 3 is 2.65 bits per heavy atom. The molecule has 0 bridgehead atoms. The highest BCUT2D eigenvalue weighted by Gasteiger charge is 2.14. The first-order chi connectivity index (χ1) is 9.42. The zero-order chi connectivity index (χ0) is 14.8. The molecule has 20 heavy (non-hydrogen) atoms. The van der Waals surface area contributed by atoms with Gasteiger partial charge in [-0.3, -0.25) is 0 Å². The van der Waals surface area contributed by atoms with Gasteiger partial charge in [0.05, 0.1) is 18.2 Å². The molecular formula is C17H26N2O. The highest BCUT2D eigenvalue weighted by Crippen LogP contribution is 2.24. The average Bonchev–Trinajstić information content (AvgIpc) is 2.80. The van der Waals surface area contributed by atoms with E-state index < -0.39 is 0 Å². The number of methoxy groups -OCH3 is 1. The topological polar surface area (TPSA) is 26.2 Å². The quantitative estimate of drug-likeness (QED) is 0.899. The maximum absolute atomic E-state index is 5.29. The molecule has 1 atom stereocenters. The van der Waals surface area contributed by atoms with Crippen LogP contribution in [0.3, 0.4) is 0 Å². The van der Waals surface area contributed by atoms with Gasteiger partial charge in [-0.2, -0.15) is 0 Å². The van der Waals surface area contributed by atoms with E-state index in [1.807, 2.05) is 0 Å². The van der Waals surface area contributed by atoms with Crippen LogP contribution in [0.15, 0.2) is 30.5 Å². The van der Waals surface area contributed by atoms with E-state index in [1.165, 1.54) is 16.5 Å². The summed E-state index contributed by atoms with van der Waals surface area (Å²) >= 11 is 0. The second-order valence-corrected chi connectivity index (χ2v) is 6.49. The van der Waals surface area contributed by atoms with Crippen LogP contribution >= 0.6 is 0 Å². The third-order valence-corrected chi connectivity index (χ3v) is 3.52. The number of hydrogen-bond acceptors (Lipinski definition) is 2. The molecule has 1 N–H and O–H groups in total. The smallest absolute Gasteiger partial charge is 0.0667 e. The Morgan fingerprint density at radius 2 is 2.00 bits per heavy atom. The lowest BCUT2D eigenvalue weighted by Gasteiger charge is -2.22. The molecule has 0 fully saturated rings. The molecule has 110 valence electrons. The number of fused-ring (bicyclic) bond motifs is 1. The average molecular weight is 274 g/mol. The molecule has 0 spiro atoms. The van der Waals surface area contributed by atoms with Crippen LogP contribution < -0.4 is 5.32 Å². The molecule has 0 aliphatic heterocycles. The fourth-order valence-corrected chi connectivity index (χ4v) is 2.49. The molecule has 0 amide bonds. The molecule has 2 rings (SSSR count). The number of benzene rings is 1. The van der Waals surface area contributed by atoms with E-state index >= 15 is 0 Å². The Kier molecular flexibility index (Phi) is 4.51. The standard InChI is InChI=1S/C17H26N2O/c1-13(12-20-5)19-10-9-14-7-6-8-15(16(14)19)11-18-17(2,3)4/h6-10,13,18H,11-12H2,1-5H3. The Morgan fingerprint density at radius 1 is 1.25 bits per heavy atom. The lowest BCUT2D eigenvalue weighted by molar-refractivity contribution is 0.164. The van der Waals surface area contributed by atoms with Gasteiger partial charge in [0.15, 0.2) is 0 Å². The first-order valence-corrected chi connectivity index (χ1v) is 7.25. The van der Waals surface area contributed by atoms with Crippen LogP contribution in [0.5, 0.6) is 0 Å². The van der Waals surface area contributed by atoms with Crippen LogP contribution in [0.1, 0.15) is 39.3 Å². The normalized spacial score (nSPS) is 13.8. The summed E-state index contributed by atoms with van der Waals surface area (Å²) < 4.78 is 7.61. The van der Waals surface area contributed by atoms with Gasteiger partial charge in [-0.15, -0.1) is 0 Å². The molecule has 0 radical (unpaired) electrons. The summed E-state index contributed by atoms with van der Waals surface area (Å²) in [4.78, 5) is 0. The van der Waals surface area contributed by atoms with Gasteiger partial charge >= 0.3 is 0 Å². The summed E-state index contributed by atoms with van der Waals surface area (Å²) in [7, 11) is 1.75. The number of ether oxygens (including phenoxy) is 1. The van der Waals surface area contributed by atoms with Crippen molar-refractivity contribution in [2.75, 3.05) is 13.7 Å². The minimum atomic E-state index is 0.123. The van der Waals surface area contributed by atoms with E-state index in [2.05, 4.69) is 68.0 Å². The molecule has 1 heterocycles. The van der Waals surface area contributed by atoms with Crippen LogP contribution in [-0.4, -0.2) is 23.8 Å². The molecule has 0 saturated carbocycles. The molecular weight excluding hydrogens is 248 g/mol. The molecule has 1 aromatic carbocycles. The Bertz CT molecular complexity index is 566. The first kappa shape index (κ1) is 15.1. The fraction of sp³-hybridized carbons (Fsp3) is 0.529. The first-order valence-electron chi connectivity index (χ1n) is 7.25. The summed E-state index contributed by atoms with van der Waals surface area (Å²) in [5, 5.41) is 4.87. The van der Waals surface area contributed by atoms with Crippen molar-refractivity contribution in [2.24, 2.45) is 0 Å². The fourth-order valence-electron chi connectivity index (χ4n) is 2.49. The van der Waals surface area contributed by atoms with E-state index in [0.29, 0.717) is 6.04 Å². The zero-order valence-electron chi connectivity index (χ0n) is 13.2.